The van der Waals surface area contributed by atoms with Crippen LogP contribution in [0.2, 0.25) is 52.4 Å². The molecule has 0 rings (SSSR count). The first-order valence-corrected chi connectivity index (χ1v) is 26.2. The minimum absolute atomic E-state index is 0.0632. The minimum atomic E-state index is -3.51. The zero-order chi connectivity index (χ0) is 26.3. The lowest BCUT2D eigenvalue weighted by Gasteiger charge is -2.42. The molecule has 0 radical (unpaired) electrons. The van der Waals surface area contributed by atoms with E-state index in [1.807, 2.05) is 73.1 Å². The van der Waals surface area contributed by atoms with Gasteiger partial charge < -0.3 is 29.7 Å². The fourth-order valence-electron chi connectivity index (χ4n) is 3.28. The molecule has 0 aliphatic heterocycles. The summed E-state index contributed by atoms with van der Waals surface area (Å²) in [5.41, 5.74) is 0. The highest BCUT2D eigenvalue weighted by atomic mass is 35.6. The molecule has 0 aromatic rings. The smallest absolute Gasteiger partial charge is 0.425 e. The van der Waals surface area contributed by atoms with Gasteiger partial charge in [0.2, 0.25) is 0 Å². The van der Waals surface area contributed by atoms with Crippen molar-refractivity contribution in [1.82, 2.24) is 0 Å². The highest BCUT2D eigenvalue weighted by molar-refractivity contribution is 7.17. The molecule has 0 N–H and O–H groups in total. The van der Waals surface area contributed by atoms with Crippen LogP contribution in [0.25, 0.3) is 0 Å². The third-order valence-corrected chi connectivity index (χ3v) is 22.1. The van der Waals surface area contributed by atoms with Crippen molar-refractivity contribution in [3.05, 3.63) is 0 Å². The average molecular weight is 580 g/mol. The monoisotopic (exact) mass is 578 g/mol. The van der Waals surface area contributed by atoms with Crippen LogP contribution in [-0.2, 0) is 29.7 Å². The molecule has 7 nitrogen and oxygen atoms in total. The fraction of sp³-hybridized carbons (Fsp3) is 1.00. The summed E-state index contributed by atoms with van der Waals surface area (Å²) in [4.78, 5) is 0. The van der Waals surface area contributed by atoms with Gasteiger partial charge in [0.25, 0.3) is 7.63 Å². The van der Waals surface area contributed by atoms with Crippen molar-refractivity contribution in [3.8, 4) is 0 Å². The standard InChI is InChI=1S/C20H51ClO7Si5/c1-15-18(4)22-33(23-19(5)16-2,24-20(6)17-3)28-32(13,14)27-31(11,12)26-30(9,10)25-29(7,8)21/h18-20H,15-17H2,1-14H3. The van der Waals surface area contributed by atoms with Crippen LogP contribution in [0.4, 0.5) is 0 Å². The summed E-state index contributed by atoms with van der Waals surface area (Å²) in [7, 11) is -13.7. The van der Waals surface area contributed by atoms with E-state index in [1.165, 1.54) is 0 Å². The summed E-state index contributed by atoms with van der Waals surface area (Å²) in [6.45, 7) is 28.3. The lowest BCUT2D eigenvalue weighted by atomic mass is 10.3. The van der Waals surface area contributed by atoms with E-state index in [-0.39, 0.29) is 18.3 Å². The number of hydrogen-bond donors (Lipinski definition) is 0. The molecule has 0 aromatic heterocycles. The Kier molecular flexibility index (Phi) is 14.0. The predicted molar refractivity (Wildman–Crippen MR) is 148 cm³/mol. The lowest BCUT2D eigenvalue weighted by Crippen LogP contribution is -2.63. The van der Waals surface area contributed by atoms with Gasteiger partial charge in [0.15, 0.2) is 0 Å². The summed E-state index contributed by atoms with van der Waals surface area (Å²) < 4.78 is 45.2. The minimum Gasteiger partial charge on any atom is -0.425 e. The van der Waals surface area contributed by atoms with Gasteiger partial charge in [-0.15, -0.1) is 11.1 Å². The first-order valence-electron chi connectivity index (χ1n) is 12.2. The van der Waals surface area contributed by atoms with Gasteiger partial charge in [0.05, 0.1) is 0 Å². The van der Waals surface area contributed by atoms with Crippen LogP contribution in [0.15, 0.2) is 0 Å². The molecular formula is C20H51ClO7Si5. The van der Waals surface area contributed by atoms with E-state index in [9.17, 15) is 0 Å². The van der Waals surface area contributed by atoms with Crippen LogP contribution in [0.5, 0.6) is 0 Å². The number of rotatable bonds is 17. The average Bonchev–Trinajstić information content (AvgIpc) is 2.55. The second-order valence-electron chi connectivity index (χ2n) is 10.5. The Morgan fingerprint density at radius 3 is 1.06 bits per heavy atom. The zero-order valence-corrected chi connectivity index (χ0v) is 29.3. The number of halogens is 1. The van der Waals surface area contributed by atoms with E-state index < -0.39 is 42.4 Å². The van der Waals surface area contributed by atoms with E-state index in [1.54, 1.807) is 0 Å². The molecule has 200 valence electrons. The predicted octanol–water partition coefficient (Wildman–Crippen LogP) is 6.98. The fourth-order valence-corrected chi connectivity index (χ4v) is 25.9. The molecule has 3 unspecified atom stereocenters. The van der Waals surface area contributed by atoms with Crippen molar-refractivity contribution in [2.24, 2.45) is 0 Å². The Labute approximate surface area is 214 Å². The van der Waals surface area contributed by atoms with Crippen LogP contribution >= 0.6 is 11.1 Å². The Morgan fingerprint density at radius 1 is 0.515 bits per heavy atom. The van der Waals surface area contributed by atoms with Crippen LogP contribution in [0.3, 0.4) is 0 Å². The molecule has 3 atom stereocenters. The van der Waals surface area contributed by atoms with Gasteiger partial charge in [0.1, 0.15) is 0 Å². The van der Waals surface area contributed by atoms with E-state index in [0.717, 1.165) is 19.3 Å². The molecule has 33 heavy (non-hydrogen) atoms. The van der Waals surface area contributed by atoms with Crippen molar-refractivity contribution in [2.45, 2.75) is 131 Å². The lowest BCUT2D eigenvalue weighted by molar-refractivity contribution is -0.0631. The van der Waals surface area contributed by atoms with Gasteiger partial charge >= 0.3 is 34.7 Å². The largest absolute Gasteiger partial charge is 0.671 e. The third kappa shape index (κ3) is 15.1. The van der Waals surface area contributed by atoms with Crippen LogP contribution in [-0.4, -0.2) is 60.7 Å². The van der Waals surface area contributed by atoms with Crippen LogP contribution in [0, 0.1) is 0 Å². The summed E-state index contributed by atoms with van der Waals surface area (Å²) in [6.07, 6.45) is 2.29. The summed E-state index contributed by atoms with van der Waals surface area (Å²) in [6, 6.07) is 0. The Hall–Kier alpha value is 1.09. The second-order valence-corrected chi connectivity index (χ2v) is 29.3. The van der Waals surface area contributed by atoms with Gasteiger partial charge in [-0.3, -0.25) is 0 Å². The Morgan fingerprint density at radius 2 is 0.788 bits per heavy atom. The summed E-state index contributed by atoms with van der Waals surface area (Å²) in [5, 5.41) is 0. The van der Waals surface area contributed by atoms with Crippen molar-refractivity contribution >= 4 is 53.4 Å². The highest BCUT2D eigenvalue weighted by Crippen LogP contribution is 2.30. The van der Waals surface area contributed by atoms with Crippen molar-refractivity contribution < 1.29 is 29.7 Å². The van der Waals surface area contributed by atoms with Gasteiger partial charge in [-0.05, 0) is 92.4 Å². The van der Waals surface area contributed by atoms with Crippen molar-refractivity contribution in [2.75, 3.05) is 0 Å². The van der Waals surface area contributed by atoms with E-state index >= 15 is 0 Å². The molecule has 0 saturated carbocycles. The molecular weight excluding hydrogens is 528 g/mol. The van der Waals surface area contributed by atoms with Gasteiger partial charge in [0, 0.05) is 18.3 Å². The summed E-state index contributed by atoms with van der Waals surface area (Å²) in [5.74, 6) is 0. The van der Waals surface area contributed by atoms with E-state index in [2.05, 4.69) is 20.8 Å². The molecule has 0 saturated heterocycles. The molecule has 0 aliphatic rings. The van der Waals surface area contributed by atoms with E-state index in [0.29, 0.717) is 0 Å². The van der Waals surface area contributed by atoms with Crippen LogP contribution < -0.4 is 0 Å². The SMILES string of the molecule is CCC(C)O[Si](OC(C)CC)(OC(C)CC)O[Si](C)(C)O[Si](C)(C)O[Si](C)(C)O[Si](C)(C)Cl. The van der Waals surface area contributed by atoms with E-state index in [4.69, 9.17) is 40.8 Å². The maximum atomic E-state index is 6.70. The molecule has 0 aromatic carbocycles. The molecule has 0 aliphatic carbocycles. The Bertz CT molecular complexity index is 544. The third-order valence-electron chi connectivity index (χ3n) is 4.60. The normalized spacial score (nSPS) is 18.6. The maximum Gasteiger partial charge on any atom is 0.671 e. The topological polar surface area (TPSA) is 64.6 Å². The van der Waals surface area contributed by atoms with Gasteiger partial charge in [-0.25, -0.2) is 0 Å². The number of hydrogen-bond acceptors (Lipinski definition) is 7. The first kappa shape index (κ1) is 34.1. The van der Waals surface area contributed by atoms with Crippen molar-refractivity contribution in [1.29, 1.82) is 0 Å². The summed E-state index contributed by atoms with van der Waals surface area (Å²) >= 11 is 6.44. The Balaban J connectivity index is 5.87. The quantitative estimate of drug-likeness (QED) is 0.136. The molecule has 13 heteroatoms. The molecule has 0 fully saturated rings. The zero-order valence-electron chi connectivity index (χ0n) is 23.6. The molecule has 0 heterocycles. The maximum absolute atomic E-state index is 6.70. The molecule has 0 amide bonds. The van der Waals surface area contributed by atoms with Gasteiger partial charge in [-0.2, -0.15) is 0 Å². The second kappa shape index (κ2) is 13.6. The highest BCUT2D eigenvalue weighted by Gasteiger charge is 2.55. The van der Waals surface area contributed by atoms with Crippen LogP contribution in [0.1, 0.15) is 60.8 Å². The first-order chi connectivity index (χ1) is 14.7. The van der Waals surface area contributed by atoms with Crippen molar-refractivity contribution in [3.63, 3.8) is 0 Å². The molecule has 0 spiro atoms. The molecule has 0 bridgehead atoms. The van der Waals surface area contributed by atoms with Gasteiger partial charge in [-0.1, -0.05) is 20.8 Å².